The van der Waals surface area contributed by atoms with Crippen LogP contribution in [0.25, 0.3) is 11.1 Å². The molecule has 0 heterocycles. The third-order valence-electron chi connectivity index (χ3n) is 6.59. The van der Waals surface area contributed by atoms with Gasteiger partial charge in [-0.2, -0.15) is 0 Å². The maximum atomic E-state index is 13.2. The first-order valence-corrected chi connectivity index (χ1v) is 11.9. The van der Waals surface area contributed by atoms with Crippen LogP contribution in [-0.4, -0.2) is 39.6 Å². The van der Waals surface area contributed by atoms with Gasteiger partial charge in [0.1, 0.15) is 0 Å². The molecule has 0 saturated heterocycles. The van der Waals surface area contributed by atoms with Crippen LogP contribution >= 0.6 is 0 Å². The van der Waals surface area contributed by atoms with Gasteiger partial charge in [-0.1, -0.05) is 78.9 Å². The molecule has 6 heteroatoms. The molecule has 0 spiro atoms. The van der Waals surface area contributed by atoms with Gasteiger partial charge in [0.25, 0.3) is 0 Å². The topological polar surface area (TPSA) is 101 Å². The lowest BCUT2D eigenvalue weighted by atomic mass is 9.85. The lowest BCUT2D eigenvalue weighted by molar-refractivity contribution is -0.150. The molecule has 3 aromatic carbocycles. The van der Waals surface area contributed by atoms with E-state index in [-0.39, 0.29) is 24.2 Å². The fourth-order valence-corrected chi connectivity index (χ4v) is 4.76. The van der Waals surface area contributed by atoms with Crippen molar-refractivity contribution < 1.29 is 29.3 Å². The van der Waals surface area contributed by atoms with Crippen LogP contribution in [0.15, 0.2) is 97.1 Å². The molecule has 184 valence electrons. The Kier molecular flexibility index (Phi) is 7.76. The number of hydrogen-bond donors (Lipinski definition) is 2. The second kappa shape index (κ2) is 11.1. The van der Waals surface area contributed by atoms with Crippen molar-refractivity contribution in [3.63, 3.8) is 0 Å². The van der Waals surface area contributed by atoms with Gasteiger partial charge in [0.05, 0.1) is 18.1 Å². The molecule has 1 fully saturated rings. The minimum Gasteiger partial charge on any atom is -0.481 e. The van der Waals surface area contributed by atoms with Gasteiger partial charge in [0.15, 0.2) is 11.4 Å². The summed E-state index contributed by atoms with van der Waals surface area (Å²) in [6.07, 6.45) is 2.08. The van der Waals surface area contributed by atoms with Crippen LogP contribution in [0.4, 0.5) is 0 Å². The number of ketones is 1. The first-order chi connectivity index (χ1) is 17.4. The Morgan fingerprint density at radius 1 is 0.889 bits per heavy atom. The fourth-order valence-electron chi connectivity index (χ4n) is 4.76. The third kappa shape index (κ3) is 5.78. The average molecular weight is 485 g/mol. The standard InChI is InChI=1S/C30H28O6/c31-26(18-21-8-3-1-4-9-21)16-14-25-15-17-27(32)30(25,20-28(33)34)36-29(35)24-13-7-12-23(19-24)22-10-5-2-6-11-22/h1-14,16,19,25,27,32H,15,17-18,20H2,(H,33,34)/t25-,27-,30-/m0/s1. The van der Waals surface area contributed by atoms with E-state index in [1.165, 1.54) is 6.08 Å². The highest BCUT2D eigenvalue weighted by atomic mass is 16.6. The molecular formula is C30H28O6. The number of hydrogen-bond acceptors (Lipinski definition) is 5. The maximum absolute atomic E-state index is 13.2. The molecule has 1 saturated carbocycles. The first-order valence-electron chi connectivity index (χ1n) is 11.9. The molecule has 2 N–H and O–H groups in total. The summed E-state index contributed by atoms with van der Waals surface area (Å²) in [7, 11) is 0. The Morgan fingerprint density at radius 2 is 1.56 bits per heavy atom. The molecule has 0 aromatic heterocycles. The Balaban J connectivity index is 1.57. The summed E-state index contributed by atoms with van der Waals surface area (Å²) in [5.74, 6) is -2.70. The van der Waals surface area contributed by atoms with E-state index in [1.807, 2.05) is 66.7 Å². The van der Waals surface area contributed by atoms with Gasteiger partial charge in [0.2, 0.25) is 0 Å². The first kappa shape index (κ1) is 25.1. The highest BCUT2D eigenvalue weighted by Gasteiger charge is 2.53. The van der Waals surface area contributed by atoms with Gasteiger partial charge in [0, 0.05) is 12.3 Å². The quantitative estimate of drug-likeness (QED) is 0.332. The molecule has 3 aromatic rings. The molecule has 1 aliphatic carbocycles. The van der Waals surface area contributed by atoms with Crippen LogP contribution in [0.1, 0.15) is 35.2 Å². The van der Waals surface area contributed by atoms with E-state index in [9.17, 15) is 24.6 Å². The number of carbonyl (C=O) groups is 3. The number of allylic oxidation sites excluding steroid dienone is 1. The van der Waals surface area contributed by atoms with Crippen LogP contribution < -0.4 is 0 Å². The van der Waals surface area contributed by atoms with Gasteiger partial charge >= 0.3 is 11.9 Å². The molecule has 36 heavy (non-hydrogen) atoms. The zero-order valence-electron chi connectivity index (χ0n) is 19.7. The summed E-state index contributed by atoms with van der Waals surface area (Å²) in [6.45, 7) is 0. The van der Waals surface area contributed by atoms with Crippen molar-refractivity contribution in [3.8, 4) is 11.1 Å². The van der Waals surface area contributed by atoms with Crippen LogP contribution in [0.5, 0.6) is 0 Å². The fraction of sp³-hybridized carbons (Fsp3) is 0.233. The van der Waals surface area contributed by atoms with Crippen LogP contribution in [0.3, 0.4) is 0 Å². The lowest BCUT2D eigenvalue weighted by Crippen LogP contribution is -2.48. The number of esters is 1. The monoisotopic (exact) mass is 484 g/mol. The minimum absolute atomic E-state index is 0.159. The van der Waals surface area contributed by atoms with E-state index in [0.29, 0.717) is 6.42 Å². The second-order valence-electron chi connectivity index (χ2n) is 9.05. The molecule has 0 amide bonds. The highest BCUT2D eigenvalue weighted by Crippen LogP contribution is 2.43. The number of aliphatic hydroxyl groups excluding tert-OH is 1. The molecule has 0 radical (unpaired) electrons. The maximum Gasteiger partial charge on any atom is 0.338 e. The average Bonchev–Trinajstić information content (AvgIpc) is 3.17. The van der Waals surface area contributed by atoms with Crippen molar-refractivity contribution >= 4 is 17.7 Å². The molecule has 6 nitrogen and oxygen atoms in total. The van der Waals surface area contributed by atoms with Crippen LogP contribution in [-0.2, 0) is 20.7 Å². The molecular weight excluding hydrogens is 456 g/mol. The van der Waals surface area contributed by atoms with Crippen molar-refractivity contribution in [2.75, 3.05) is 0 Å². The predicted octanol–water partition coefficient (Wildman–Crippen LogP) is 4.86. The Labute approximate surface area is 209 Å². The second-order valence-corrected chi connectivity index (χ2v) is 9.05. The lowest BCUT2D eigenvalue weighted by Gasteiger charge is -2.35. The van der Waals surface area contributed by atoms with Gasteiger partial charge in [-0.05, 0) is 47.7 Å². The van der Waals surface area contributed by atoms with Crippen molar-refractivity contribution in [1.29, 1.82) is 0 Å². The number of carbonyl (C=O) groups excluding carboxylic acids is 2. The number of aliphatic carboxylic acids is 1. The number of carboxylic acids is 1. The number of aliphatic hydroxyl groups is 1. The van der Waals surface area contributed by atoms with E-state index in [1.54, 1.807) is 24.3 Å². The van der Waals surface area contributed by atoms with Crippen LogP contribution in [0.2, 0.25) is 0 Å². The zero-order valence-corrected chi connectivity index (χ0v) is 19.7. The number of rotatable bonds is 9. The molecule has 1 aliphatic rings. The predicted molar refractivity (Wildman–Crippen MR) is 135 cm³/mol. The summed E-state index contributed by atoms with van der Waals surface area (Å²) in [4.78, 5) is 37.5. The minimum atomic E-state index is -1.67. The zero-order chi connectivity index (χ0) is 25.5. The Morgan fingerprint density at radius 3 is 2.25 bits per heavy atom. The third-order valence-corrected chi connectivity index (χ3v) is 6.59. The van der Waals surface area contributed by atoms with Gasteiger partial charge in [-0.3, -0.25) is 9.59 Å². The van der Waals surface area contributed by atoms with Gasteiger partial charge < -0.3 is 14.9 Å². The van der Waals surface area contributed by atoms with Crippen molar-refractivity contribution in [1.82, 2.24) is 0 Å². The largest absolute Gasteiger partial charge is 0.481 e. The summed E-state index contributed by atoms with van der Waals surface area (Å²) in [6, 6.07) is 25.7. The Bertz CT molecular complexity index is 1250. The van der Waals surface area contributed by atoms with Gasteiger partial charge in [-0.15, -0.1) is 0 Å². The smallest absolute Gasteiger partial charge is 0.338 e. The summed E-state index contributed by atoms with van der Waals surface area (Å²) in [5.41, 5.74) is 1.18. The molecule has 0 bridgehead atoms. The van der Waals surface area contributed by atoms with Crippen molar-refractivity contribution in [2.45, 2.75) is 37.4 Å². The summed E-state index contributed by atoms with van der Waals surface area (Å²) >= 11 is 0. The molecule has 0 aliphatic heterocycles. The number of carboxylic acid groups (broad SMARTS) is 1. The van der Waals surface area contributed by atoms with E-state index in [0.717, 1.165) is 16.7 Å². The summed E-state index contributed by atoms with van der Waals surface area (Å²) in [5, 5.41) is 20.5. The van der Waals surface area contributed by atoms with E-state index >= 15 is 0 Å². The SMILES string of the molecule is O=C(O)C[C@@]1(OC(=O)c2cccc(-c3ccccc3)c2)[C@@H](O)CC[C@@H]1C=CC(=O)Cc1ccccc1. The van der Waals surface area contributed by atoms with Crippen molar-refractivity contribution in [3.05, 3.63) is 108 Å². The van der Waals surface area contributed by atoms with Crippen molar-refractivity contribution in [2.24, 2.45) is 5.92 Å². The van der Waals surface area contributed by atoms with E-state index in [2.05, 4.69) is 0 Å². The molecule has 4 rings (SSSR count). The van der Waals surface area contributed by atoms with Gasteiger partial charge in [-0.25, -0.2) is 4.79 Å². The number of benzene rings is 3. The Hall–Kier alpha value is -4.03. The normalized spacial score (nSPS) is 21.4. The van der Waals surface area contributed by atoms with Crippen LogP contribution in [0, 0.1) is 5.92 Å². The summed E-state index contributed by atoms with van der Waals surface area (Å²) < 4.78 is 5.83. The molecule has 3 atom stereocenters. The molecule has 0 unspecified atom stereocenters. The number of ether oxygens (including phenoxy) is 1. The highest BCUT2D eigenvalue weighted by molar-refractivity contribution is 5.92. The van der Waals surface area contributed by atoms with E-state index < -0.39 is 36.0 Å². The van der Waals surface area contributed by atoms with E-state index in [4.69, 9.17) is 4.74 Å².